The molecule has 0 aromatic carbocycles. The summed E-state index contributed by atoms with van der Waals surface area (Å²) in [6, 6.07) is -0.569. The Hall–Kier alpha value is -2.00. The average Bonchev–Trinajstić information content (AvgIpc) is 3.46. The molecular weight excluding hydrogens is 378 g/mol. The van der Waals surface area contributed by atoms with Gasteiger partial charge in [0.05, 0.1) is 38.3 Å². The lowest BCUT2D eigenvalue weighted by atomic mass is 9.94. The van der Waals surface area contributed by atoms with Crippen LogP contribution in [0.15, 0.2) is 0 Å². The van der Waals surface area contributed by atoms with Crippen molar-refractivity contribution >= 4 is 23.5 Å². The smallest absolute Gasteiger partial charge is 0.239 e. The van der Waals surface area contributed by atoms with Gasteiger partial charge >= 0.3 is 0 Å². The maximum Gasteiger partial charge on any atom is 0.239 e. The first-order valence-corrected chi connectivity index (χ1v) is 10.6. The van der Waals surface area contributed by atoms with Crippen molar-refractivity contribution < 1.29 is 28.7 Å². The number of hydrogen-bond acceptors (Lipinski definition) is 6. The summed E-state index contributed by atoms with van der Waals surface area (Å²) >= 11 is 0. The van der Waals surface area contributed by atoms with Crippen LogP contribution in [-0.2, 0) is 28.7 Å². The zero-order valence-electron chi connectivity index (χ0n) is 16.7. The molecule has 3 N–H and O–H groups in total. The molecule has 1 aliphatic carbocycles. The van der Waals surface area contributed by atoms with Gasteiger partial charge < -0.3 is 25.4 Å². The third-order valence-electron chi connectivity index (χ3n) is 5.77. The molecule has 0 aromatic heterocycles. The number of carbonyl (C=O) groups is 4. The third kappa shape index (κ3) is 7.08. The average molecular weight is 409 g/mol. The van der Waals surface area contributed by atoms with Gasteiger partial charge in [-0.1, -0.05) is 25.7 Å². The van der Waals surface area contributed by atoms with Gasteiger partial charge in [0.15, 0.2) is 5.78 Å². The Kier molecular flexibility index (Phi) is 8.00. The molecule has 3 atom stereocenters. The van der Waals surface area contributed by atoms with E-state index in [0.29, 0.717) is 32.2 Å². The van der Waals surface area contributed by atoms with E-state index in [1.807, 2.05) is 0 Å². The number of nitrogens with one attached hydrogen (secondary N) is 3. The molecule has 2 aliphatic heterocycles. The van der Waals surface area contributed by atoms with Crippen molar-refractivity contribution in [1.29, 1.82) is 0 Å². The normalized spacial score (nSPS) is 25.1. The van der Waals surface area contributed by atoms with E-state index in [-0.39, 0.29) is 30.7 Å². The second-order valence-corrected chi connectivity index (χ2v) is 8.14. The lowest BCUT2D eigenvalue weighted by Gasteiger charge is -2.21. The van der Waals surface area contributed by atoms with Crippen LogP contribution in [0, 0.1) is 11.8 Å². The van der Waals surface area contributed by atoms with E-state index >= 15 is 0 Å². The Labute approximate surface area is 170 Å². The molecule has 0 bridgehead atoms. The Morgan fingerprint density at radius 2 is 1.62 bits per heavy atom. The highest BCUT2D eigenvalue weighted by Crippen LogP contribution is 2.29. The summed E-state index contributed by atoms with van der Waals surface area (Å²) in [6.07, 6.45) is 6.27. The Bertz CT molecular complexity index is 609. The van der Waals surface area contributed by atoms with Crippen molar-refractivity contribution in [2.24, 2.45) is 11.8 Å². The fourth-order valence-electron chi connectivity index (χ4n) is 4.01. The summed E-state index contributed by atoms with van der Waals surface area (Å²) in [6.45, 7) is 1.02. The minimum Gasteiger partial charge on any atom is -0.381 e. The topological polar surface area (TPSA) is 126 Å². The number of ether oxygens (including phenoxy) is 2. The molecule has 0 radical (unpaired) electrons. The predicted octanol–water partition coefficient (Wildman–Crippen LogP) is -0.322. The highest BCUT2D eigenvalue weighted by Gasteiger charge is 2.38. The van der Waals surface area contributed by atoms with Crippen molar-refractivity contribution in [2.75, 3.05) is 32.9 Å². The van der Waals surface area contributed by atoms with E-state index in [4.69, 9.17) is 9.47 Å². The fraction of sp³-hybridized carbons (Fsp3) is 0.800. The molecule has 1 saturated carbocycles. The van der Waals surface area contributed by atoms with Crippen LogP contribution in [0.4, 0.5) is 0 Å². The molecule has 9 heteroatoms. The second kappa shape index (κ2) is 10.7. The van der Waals surface area contributed by atoms with Crippen molar-refractivity contribution in [3.8, 4) is 0 Å². The van der Waals surface area contributed by atoms with Crippen molar-refractivity contribution in [2.45, 2.75) is 57.1 Å². The van der Waals surface area contributed by atoms with Crippen LogP contribution < -0.4 is 16.0 Å². The van der Waals surface area contributed by atoms with E-state index in [1.54, 1.807) is 0 Å². The van der Waals surface area contributed by atoms with Crippen LogP contribution in [0.1, 0.15) is 44.9 Å². The van der Waals surface area contributed by atoms with Gasteiger partial charge in [-0.15, -0.1) is 0 Å². The quantitative estimate of drug-likeness (QED) is 0.425. The summed E-state index contributed by atoms with van der Waals surface area (Å²) in [5.41, 5.74) is 0. The molecule has 3 aliphatic rings. The predicted molar refractivity (Wildman–Crippen MR) is 103 cm³/mol. The minimum absolute atomic E-state index is 0.0847. The fourth-order valence-corrected chi connectivity index (χ4v) is 4.01. The van der Waals surface area contributed by atoms with Gasteiger partial charge in [0, 0.05) is 6.61 Å². The molecule has 2 unspecified atom stereocenters. The van der Waals surface area contributed by atoms with Crippen LogP contribution in [0.25, 0.3) is 0 Å². The Morgan fingerprint density at radius 3 is 2.28 bits per heavy atom. The van der Waals surface area contributed by atoms with Crippen molar-refractivity contribution in [3.63, 3.8) is 0 Å². The molecule has 3 rings (SSSR count). The first-order valence-electron chi connectivity index (χ1n) is 10.6. The number of Topliss-reactive ketones (excluding diaryl/α,β-unsaturated/α-hetero) is 1. The van der Waals surface area contributed by atoms with E-state index in [9.17, 15) is 19.2 Å². The number of hydrogen-bond donors (Lipinski definition) is 3. The monoisotopic (exact) mass is 409 g/mol. The summed E-state index contributed by atoms with van der Waals surface area (Å²) < 4.78 is 10.3. The maximum atomic E-state index is 12.4. The number of rotatable bonds is 10. The van der Waals surface area contributed by atoms with E-state index in [0.717, 1.165) is 38.5 Å². The first-order chi connectivity index (χ1) is 14.0. The van der Waals surface area contributed by atoms with Crippen LogP contribution in [0.2, 0.25) is 0 Å². The van der Waals surface area contributed by atoms with E-state index in [2.05, 4.69) is 16.0 Å². The first kappa shape index (κ1) is 21.7. The lowest BCUT2D eigenvalue weighted by Crippen LogP contribution is -2.49. The highest BCUT2D eigenvalue weighted by atomic mass is 16.6. The van der Waals surface area contributed by atoms with Gasteiger partial charge in [-0.3, -0.25) is 19.2 Å². The van der Waals surface area contributed by atoms with Crippen molar-refractivity contribution in [3.05, 3.63) is 0 Å². The number of epoxide rings is 1. The summed E-state index contributed by atoms with van der Waals surface area (Å²) in [4.78, 5) is 48.6. The largest absolute Gasteiger partial charge is 0.381 e. The zero-order chi connectivity index (χ0) is 20.6. The summed E-state index contributed by atoms with van der Waals surface area (Å²) in [5.74, 6) is -0.949. The van der Waals surface area contributed by atoms with Crippen LogP contribution in [0.3, 0.4) is 0 Å². The van der Waals surface area contributed by atoms with Gasteiger partial charge in [0.1, 0.15) is 6.10 Å². The lowest BCUT2D eigenvalue weighted by molar-refractivity contribution is -0.132. The van der Waals surface area contributed by atoms with Gasteiger partial charge in [-0.05, 0) is 25.2 Å². The van der Waals surface area contributed by atoms with Crippen LogP contribution in [-0.4, -0.2) is 68.6 Å². The zero-order valence-corrected chi connectivity index (χ0v) is 16.7. The Morgan fingerprint density at radius 1 is 0.897 bits per heavy atom. The minimum atomic E-state index is -0.569. The third-order valence-corrected chi connectivity index (χ3v) is 5.77. The van der Waals surface area contributed by atoms with E-state index in [1.165, 1.54) is 0 Å². The second-order valence-electron chi connectivity index (χ2n) is 8.14. The molecule has 2 heterocycles. The highest BCUT2D eigenvalue weighted by molar-refractivity contribution is 5.94. The van der Waals surface area contributed by atoms with Gasteiger partial charge in [-0.25, -0.2) is 0 Å². The molecular formula is C20H31N3O6. The van der Waals surface area contributed by atoms with Gasteiger partial charge in [-0.2, -0.15) is 0 Å². The number of amides is 3. The van der Waals surface area contributed by atoms with Crippen LogP contribution in [0.5, 0.6) is 0 Å². The SMILES string of the molecule is O=C(CNC(=O)[C@H]1CCCOC1)NCC(=O)NC(CC1CCCC1)C(=O)C1CO1. The standard InChI is InChI=1S/C20H31N3O6/c24-17(9-22-20(27)14-6-3-7-28-11-14)21-10-18(25)23-15(19(26)16-12-29-16)8-13-4-1-2-5-13/h13-16H,1-12H2,(H,21,24)(H,22,27)(H,23,25)/t14-,15?,16?/m0/s1. The van der Waals surface area contributed by atoms with Gasteiger partial charge in [0.2, 0.25) is 17.7 Å². The number of carbonyl (C=O) groups excluding carboxylic acids is 4. The Balaban J connectivity index is 1.36. The number of ketones is 1. The maximum absolute atomic E-state index is 12.4. The van der Waals surface area contributed by atoms with E-state index < -0.39 is 24.0 Å². The molecule has 9 nitrogen and oxygen atoms in total. The molecule has 2 saturated heterocycles. The molecule has 0 spiro atoms. The molecule has 162 valence electrons. The summed E-state index contributed by atoms with van der Waals surface area (Å²) in [7, 11) is 0. The van der Waals surface area contributed by atoms with Gasteiger partial charge in [0.25, 0.3) is 0 Å². The van der Waals surface area contributed by atoms with Crippen LogP contribution >= 0.6 is 0 Å². The molecule has 3 fully saturated rings. The summed E-state index contributed by atoms with van der Waals surface area (Å²) in [5, 5.41) is 7.81. The molecule has 3 amide bonds. The van der Waals surface area contributed by atoms with Crippen molar-refractivity contribution in [1.82, 2.24) is 16.0 Å². The molecule has 0 aromatic rings. The molecule has 29 heavy (non-hydrogen) atoms.